The predicted molar refractivity (Wildman–Crippen MR) is 58.0 cm³/mol. The summed E-state index contributed by atoms with van der Waals surface area (Å²) in [6.45, 7) is 2.00. The van der Waals surface area contributed by atoms with Crippen LogP contribution in [0.2, 0.25) is 0 Å². The Morgan fingerprint density at radius 2 is 2.40 bits per heavy atom. The number of ether oxygens (including phenoxy) is 1. The number of benzene rings is 1. The zero-order valence-corrected chi connectivity index (χ0v) is 8.36. The van der Waals surface area contributed by atoms with Crippen molar-refractivity contribution < 1.29 is 4.74 Å². The van der Waals surface area contributed by atoms with Gasteiger partial charge in [-0.1, -0.05) is 0 Å². The van der Waals surface area contributed by atoms with Crippen LogP contribution in [0.1, 0.15) is 6.42 Å². The minimum absolute atomic E-state index is 0.314. The Kier molecular flexibility index (Phi) is 2.07. The molecule has 0 amide bonds. The Balaban J connectivity index is 1.84. The highest BCUT2D eigenvalue weighted by Gasteiger charge is 2.15. The fourth-order valence-electron chi connectivity index (χ4n) is 1.92. The number of fused-ring (bicyclic) bond motifs is 1. The molecule has 2 heterocycles. The fraction of sp³-hybridized carbons (Fsp3) is 0.364. The van der Waals surface area contributed by atoms with E-state index in [1.165, 1.54) is 0 Å². The van der Waals surface area contributed by atoms with Gasteiger partial charge in [-0.25, -0.2) is 0 Å². The molecule has 1 aliphatic rings. The first kappa shape index (κ1) is 8.73. The van der Waals surface area contributed by atoms with Gasteiger partial charge in [0.15, 0.2) is 0 Å². The fourth-order valence-corrected chi connectivity index (χ4v) is 1.92. The monoisotopic (exact) mass is 203 g/mol. The highest BCUT2D eigenvalue weighted by molar-refractivity contribution is 5.79. The summed E-state index contributed by atoms with van der Waals surface area (Å²) >= 11 is 0. The summed E-state index contributed by atoms with van der Waals surface area (Å²) in [6.07, 6.45) is 3.22. The Labute approximate surface area is 87.6 Å². The van der Waals surface area contributed by atoms with Gasteiger partial charge in [-0.05, 0) is 31.2 Å². The van der Waals surface area contributed by atoms with E-state index >= 15 is 0 Å². The summed E-state index contributed by atoms with van der Waals surface area (Å²) in [4.78, 5) is 0. The van der Waals surface area contributed by atoms with Gasteiger partial charge in [0.2, 0.25) is 0 Å². The summed E-state index contributed by atoms with van der Waals surface area (Å²) < 4.78 is 5.85. The summed E-state index contributed by atoms with van der Waals surface area (Å²) in [5.41, 5.74) is 1.05. The molecule has 1 unspecified atom stereocenters. The van der Waals surface area contributed by atoms with Gasteiger partial charge in [-0.15, -0.1) is 0 Å². The molecule has 0 spiro atoms. The van der Waals surface area contributed by atoms with E-state index in [0.717, 1.165) is 36.2 Å². The molecule has 2 aromatic rings. The third kappa shape index (κ3) is 1.68. The van der Waals surface area contributed by atoms with Gasteiger partial charge in [0, 0.05) is 11.9 Å². The minimum atomic E-state index is 0.314. The minimum Gasteiger partial charge on any atom is -0.489 e. The smallest absolute Gasteiger partial charge is 0.120 e. The normalized spacial score (nSPS) is 20.9. The van der Waals surface area contributed by atoms with Gasteiger partial charge in [0.1, 0.15) is 11.9 Å². The third-order valence-corrected chi connectivity index (χ3v) is 2.73. The van der Waals surface area contributed by atoms with E-state index in [2.05, 4.69) is 15.5 Å². The van der Waals surface area contributed by atoms with Crippen molar-refractivity contribution in [2.24, 2.45) is 0 Å². The van der Waals surface area contributed by atoms with Crippen LogP contribution in [0.3, 0.4) is 0 Å². The van der Waals surface area contributed by atoms with E-state index in [0.29, 0.717) is 6.10 Å². The number of aromatic nitrogens is 2. The number of hydrogen-bond acceptors (Lipinski definition) is 3. The van der Waals surface area contributed by atoms with Crippen molar-refractivity contribution in [1.29, 1.82) is 0 Å². The van der Waals surface area contributed by atoms with Crippen LogP contribution in [0.4, 0.5) is 0 Å². The van der Waals surface area contributed by atoms with E-state index in [1.807, 2.05) is 24.4 Å². The van der Waals surface area contributed by atoms with Gasteiger partial charge < -0.3 is 10.1 Å². The molecule has 0 radical (unpaired) electrons. The van der Waals surface area contributed by atoms with Gasteiger partial charge in [-0.3, -0.25) is 5.10 Å². The zero-order valence-electron chi connectivity index (χ0n) is 8.36. The Hall–Kier alpha value is -1.55. The van der Waals surface area contributed by atoms with Gasteiger partial charge in [0.05, 0.1) is 11.7 Å². The van der Waals surface area contributed by atoms with Crippen LogP contribution in [-0.4, -0.2) is 29.4 Å². The number of rotatable bonds is 2. The van der Waals surface area contributed by atoms with Crippen molar-refractivity contribution in [3.63, 3.8) is 0 Å². The van der Waals surface area contributed by atoms with Crippen molar-refractivity contribution in [3.05, 3.63) is 24.4 Å². The molecule has 4 nitrogen and oxygen atoms in total. The molecule has 4 heteroatoms. The summed E-state index contributed by atoms with van der Waals surface area (Å²) in [5.74, 6) is 0.928. The van der Waals surface area contributed by atoms with Crippen LogP contribution in [0.15, 0.2) is 24.4 Å². The predicted octanol–water partition coefficient (Wildman–Crippen LogP) is 1.30. The average molecular weight is 203 g/mol. The molecule has 1 aliphatic heterocycles. The maximum Gasteiger partial charge on any atom is 0.120 e. The molecular weight excluding hydrogens is 190 g/mol. The van der Waals surface area contributed by atoms with Crippen molar-refractivity contribution >= 4 is 10.9 Å². The lowest BCUT2D eigenvalue weighted by molar-refractivity contribution is 0.223. The zero-order chi connectivity index (χ0) is 10.1. The second kappa shape index (κ2) is 3.55. The molecule has 0 saturated carbocycles. The van der Waals surface area contributed by atoms with Gasteiger partial charge >= 0.3 is 0 Å². The second-order valence-corrected chi connectivity index (χ2v) is 3.85. The summed E-state index contributed by atoms with van der Waals surface area (Å²) in [6, 6.07) is 6.01. The molecular formula is C11H13N3O. The lowest BCUT2D eigenvalue weighted by atomic mass is 10.2. The number of H-pyrrole nitrogens is 1. The molecule has 0 bridgehead atoms. The number of aromatic amines is 1. The molecule has 1 fully saturated rings. The molecule has 1 saturated heterocycles. The Morgan fingerprint density at radius 3 is 3.27 bits per heavy atom. The highest BCUT2D eigenvalue weighted by Crippen LogP contribution is 2.20. The number of nitrogens with zero attached hydrogens (tertiary/aromatic N) is 1. The van der Waals surface area contributed by atoms with E-state index in [-0.39, 0.29) is 0 Å². The molecule has 0 aliphatic carbocycles. The highest BCUT2D eigenvalue weighted by atomic mass is 16.5. The third-order valence-electron chi connectivity index (χ3n) is 2.73. The average Bonchev–Trinajstić information content (AvgIpc) is 2.87. The van der Waals surface area contributed by atoms with Crippen molar-refractivity contribution in [3.8, 4) is 5.75 Å². The first-order chi connectivity index (χ1) is 7.42. The number of hydrogen-bond donors (Lipinski definition) is 2. The van der Waals surface area contributed by atoms with Gasteiger partial charge in [-0.2, -0.15) is 5.10 Å². The molecule has 1 atom stereocenters. The van der Waals surface area contributed by atoms with Crippen molar-refractivity contribution in [2.45, 2.75) is 12.5 Å². The van der Waals surface area contributed by atoms with E-state index in [1.54, 1.807) is 0 Å². The first-order valence-corrected chi connectivity index (χ1v) is 5.22. The van der Waals surface area contributed by atoms with E-state index in [9.17, 15) is 0 Å². The molecule has 15 heavy (non-hydrogen) atoms. The van der Waals surface area contributed by atoms with Crippen molar-refractivity contribution in [1.82, 2.24) is 15.5 Å². The van der Waals surface area contributed by atoms with Crippen LogP contribution in [-0.2, 0) is 0 Å². The Bertz CT molecular complexity index is 460. The summed E-state index contributed by atoms with van der Waals surface area (Å²) in [7, 11) is 0. The lowest BCUT2D eigenvalue weighted by Crippen LogP contribution is -2.19. The van der Waals surface area contributed by atoms with Crippen molar-refractivity contribution in [2.75, 3.05) is 13.1 Å². The summed E-state index contributed by atoms with van der Waals surface area (Å²) in [5, 5.41) is 11.3. The maximum atomic E-state index is 5.85. The van der Waals surface area contributed by atoms with E-state index < -0.39 is 0 Å². The van der Waals surface area contributed by atoms with Gasteiger partial charge in [0.25, 0.3) is 0 Å². The quantitative estimate of drug-likeness (QED) is 0.773. The topological polar surface area (TPSA) is 49.9 Å². The van der Waals surface area contributed by atoms with Crippen LogP contribution >= 0.6 is 0 Å². The molecule has 78 valence electrons. The van der Waals surface area contributed by atoms with Crippen LogP contribution in [0, 0.1) is 0 Å². The maximum absolute atomic E-state index is 5.85. The molecule has 2 N–H and O–H groups in total. The first-order valence-electron chi connectivity index (χ1n) is 5.22. The van der Waals surface area contributed by atoms with E-state index in [4.69, 9.17) is 4.74 Å². The molecule has 1 aromatic carbocycles. The Morgan fingerprint density at radius 1 is 1.40 bits per heavy atom. The number of nitrogens with one attached hydrogen (secondary N) is 2. The second-order valence-electron chi connectivity index (χ2n) is 3.85. The SMILES string of the molecule is c1cc2[nH]ncc2cc1OC1CCNC1. The standard InChI is InChI=1S/C11H13N3O/c1-2-11-8(6-13-14-11)5-9(1)15-10-3-4-12-7-10/h1-2,5-6,10,12H,3-4,7H2,(H,13,14). The largest absolute Gasteiger partial charge is 0.489 e. The molecule has 3 rings (SSSR count). The van der Waals surface area contributed by atoms with Crippen LogP contribution < -0.4 is 10.1 Å². The van der Waals surface area contributed by atoms with Crippen LogP contribution in [0.5, 0.6) is 5.75 Å². The lowest BCUT2D eigenvalue weighted by Gasteiger charge is -2.11. The van der Waals surface area contributed by atoms with Crippen LogP contribution in [0.25, 0.3) is 10.9 Å². The molecule has 1 aromatic heterocycles.